The van der Waals surface area contributed by atoms with Gasteiger partial charge in [-0.05, 0) is 17.7 Å². The zero-order valence-corrected chi connectivity index (χ0v) is 8.35. The molecule has 1 aromatic rings. The van der Waals surface area contributed by atoms with E-state index in [9.17, 15) is 9.59 Å². The first-order valence-corrected chi connectivity index (χ1v) is 4.94. The van der Waals surface area contributed by atoms with E-state index in [1.165, 1.54) is 0 Å². The van der Waals surface area contributed by atoms with Gasteiger partial charge in [-0.15, -0.1) is 0 Å². The van der Waals surface area contributed by atoms with Gasteiger partial charge in [-0.25, -0.2) is 0 Å². The van der Waals surface area contributed by atoms with Gasteiger partial charge in [0.15, 0.2) is 0 Å². The summed E-state index contributed by atoms with van der Waals surface area (Å²) in [6.07, 6.45) is 3.95. The summed E-state index contributed by atoms with van der Waals surface area (Å²) < 4.78 is 0. The Kier molecular flexibility index (Phi) is 2.76. The van der Waals surface area contributed by atoms with Gasteiger partial charge in [0.1, 0.15) is 5.78 Å². The van der Waals surface area contributed by atoms with Crippen LogP contribution in [0.3, 0.4) is 0 Å². The Morgan fingerprint density at radius 2 is 2.00 bits per heavy atom. The molecule has 1 saturated heterocycles. The normalized spacial score (nSPS) is 16.9. The molecule has 0 spiro atoms. The van der Waals surface area contributed by atoms with Gasteiger partial charge in [0, 0.05) is 31.9 Å². The second-order valence-corrected chi connectivity index (χ2v) is 3.64. The van der Waals surface area contributed by atoms with Crippen LogP contribution in [-0.2, 0) is 16.1 Å². The van der Waals surface area contributed by atoms with Crippen molar-refractivity contribution in [3.05, 3.63) is 30.1 Å². The zero-order valence-electron chi connectivity index (χ0n) is 8.35. The van der Waals surface area contributed by atoms with E-state index < -0.39 is 0 Å². The lowest BCUT2D eigenvalue weighted by Gasteiger charge is -2.25. The van der Waals surface area contributed by atoms with E-state index in [0.29, 0.717) is 19.5 Å². The predicted molar refractivity (Wildman–Crippen MR) is 53.9 cm³/mol. The van der Waals surface area contributed by atoms with Crippen molar-refractivity contribution in [2.75, 3.05) is 6.54 Å². The molecule has 1 amide bonds. The number of piperidine rings is 1. The first-order valence-electron chi connectivity index (χ1n) is 4.94. The molecule has 0 saturated carbocycles. The van der Waals surface area contributed by atoms with Gasteiger partial charge < -0.3 is 4.90 Å². The molecule has 2 rings (SSSR count). The van der Waals surface area contributed by atoms with Gasteiger partial charge >= 0.3 is 0 Å². The summed E-state index contributed by atoms with van der Waals surface area (Å²) >= 11 is 0. The molecule has 1 fully saturated rings. The maximum Gasteiger partial charge on any atom is 0.230 e. The lowest BCUT2D eigenvalue weighted by atomic mass is 10.1. The highest BCUT2D eigenvalue weighted by Gasteiger charge is 2.23. The van der Waals surface area contributed by atoms with Crippen molar-refractivity contribution in [2.24, 2.45) is 0 Å². The van der Waals surface area contributed by atoms with E-state index in [1.54, 1.807) is 17.3 Å². The molecule has 0 N–H and O–H groups in total. The number of carbonyl (C=O) groups excluding carboxylic acids is 2. The largest absolute Gasteiger partial charge is 0.338 e. The highest BCUT2D eigenvalue weighted by molar-refractivity contribution is 6.00. The van der Waals surface area contributed by atoms with Crippen LogP contribution in [0.5, 0.6) is 0 Å². The van der Waals surface area contributed by atoms with Crippen molar-refractivity contribution in [3.8, 4) is 0 Å². The number of aromatic nitrogens is 1. The third-order valence-electron chi connectivity index (χ3n) is 2.48. The molecule has 0 unspecified atom stereocenters. The van der Waals surface area contributed by atoms with Gasteiger partial charge in [0.05, 0.1) is 6.42 Å². The molecule has 1 aliphatic heterocycles. The van der Waals surface area contributed by atoms with Crippen molar-refractivity contribution in [3.63, 3.8) is 0 Å². The van der Waals surface area contributed by atoms with E-state index in [4.69, 9.17) is 0 Å². The van der Waals surface area contributed by atoms with E-state index in [-0.39, 0.29) is 18.1 Å². The van der Waals surface area contributed by atoms with Crippen LogP contribution in [0.25, 0.3) is 0 Å². The molecule has 4 nitrogen and oxygen atoms in total. The van der Waals surface area contributed by atoms with Crippen molar-refractivity contribution < 1.29 is 9.59 Å². The standard InChI is InChI=1S/C11H12N2O2/c14-10-3-6-13(11(15)7-10)8-9-1-4-12-5-2-9/h1-2,4-5H,3,6-8H2. The van der Waals surface area contributed by atoms with Crippen LogP contribution < -0.4 is 0 Å². The highest BCUT2D eigenvalue weighted by Crippen LogP contribution is 2.11. The average Bonchev–Trinajstić information content (AvgIpc) is 2.24. The SMILES string of the molecule is O=C1CCN(Cc2ccncc2)C(=O)C1. The maximum absolute atomic E-state index is 11.5. The van der Waals surface area contributed by atoms with Crippen LogP contribution >= 0.6 is 0 Å². The third kappa shape index (κ3) is 2.40. The Bertz CT molecular complexity index is 375. The minimum absolute atomic E-state index is 0.0472. The molecule has 0 radical (unpaired) electrons. The smallest absolute Gasteiger partial charge is 0.230 e. The molecule has 0 atom stereocenters. The summed E-state index contributed by atoms with van der Waals surface area (Å²) in [4.78, 5) is 28.1. The first kappa shape index (κ1) is 9.83. The fourth-order valence-corrected chi connectivity index (χ4v) is 1.63. The number of likely N-dealkylation sites (tertiary alicyclic amines) is 1. The number of hydrogen-bond acceptors (Lipinski definition) is 3. The second-order valence-electron chi connectivity index (χ2n) is 3.64. The van der Waals surface area contributed by atoms with Crippen LogP contribution in [0.4, 0.5) is 0 Å². The number of ketones is 1. The summed E-state index contributed by atoms with van der Waals surface area (Å²) in [5, 5.41) is 0. The number of Topliss-reactive ketones (excluding diaryl/α,β-unsaturated/α-hetero) is 1. The minimum atomic E-state index is -0.0666. The van der Waals surface area contributed by atoms with E-state index >= 15 is 0 Å². The number of rotatable bonds is 2. The highest BCUT2D eigenvalue weighted by atomic mass is 16.2. The quantitative estimate of drug-likeness (QED) is 0.669. The van der Waals surface area contributed by atoms with Crippen molar-refractivity contribution >= 4 is 11.7 Å². The van der Waals surface area contributed by atoms with E-state index in [0.717, 1.165) is 5.56 Å². The fourth-order valence-electron chi connectivity index (χ4n) is 1.63. The van der Waals surface area contributed by atoms with E-state index in [2.05, 4.69) is 4.98 Å². The molecule has 1 aromatic heterocycles. The Balaban J connectivity index is 2.01. The van der Waals surface area contributed by atoms with Crippen LogP contribution in [0, 0.1) is 0 Å². The number of carbonyl (C=O) groups is 2. The summed E-state index contributed by atoms with van der Waals surface area (Å²) in [7, 11) is 0. The van der Waals surface area contributed by atoms with Gasteiger partial charge in [-0.1, -0.05) is 0 Å². The molecule has 1 aliphatic rings. The molecule has 4 heteroatoms. The molecule has 0 bridgehead atoms. The van der Waals surface area contributed by atoms with Crippen LogP contribution in [0.2, 0.25) is 0 Å². The lowest BCUT2D eigenvalue weighted by molar-refractivity contribution is -0.139. The summed E-state index contributed by atoms with van der Waals surface area (Å²) in [5.41, 5.74) is 1.05. The van der Waals surface area contributed by atoms with Crippen LogP contribution in [-0.4, -0.2) is 28.1 Å². The molecule has 78 valence electrons. The topological polar surface area (TPSA) is 50.3 Å². The van der Waals surface area contributed by atoms with Gasteiger partial charge in [-0.2, -0.15) is 0 Å². The Morgan fingerprint density at radius 1 is 1.27 bits per heavy atom. The van der Waals surface area contributed by atoms with Gasteiger partial charge in [0.2, 0.25) is 5.91 Å². The lowest BCUT2D eigenvalue weighted by Crippen LogP contribution is -2.38. The Labute approximate surface area is 87.9 Å². The summed E-state index contributed by atoms with van der Waals surface area (Å²) in [6.45, 7) is 1.12. The number of pyridine rings is 1. The van der Waals surface area contributed by atoms with Crippen LogP contribution in [0.15, 0.2) is 24.5 Å². The molecule has 0 aromatic carbocycles. The zero-order chi connectivity index (χ0) is 10.7. The Morgan fingerprint density at radius 3 is 2.67 bits per heavy atom. The van der Waals surface area contributed by atoms with Gasteiger partial charge in [0.25, 0.3) is 0 Å². The molecular weight excluding hydrogens is 192 g/mol. The van der Waals surface area contributed by atoms with Crippen molar-refractivity contribution in [1.29, 1.82) is 0 Å². The van der Waals surface area contributed by atoms with Crippen LogP contribution in [0.1, 0.15) is 18.4 Å². The average molecular weight is 204 g/mol. The first-order chi connectivity index (χ1) is 7.25. The van der Waals surface area contributed by atoms with Gasteiger partial charge in [-0.3, -0.25) is 14.6 Å². The third-order valence-corrected chi connectivity index (χ3v) is 2.48. The predicted octanol–water partition coefficient (Wildman–Crippen LogP) is 0.773. The number of amides is 1. The maximum atomic E-state index is 11.5. The molecule has 0 aliphatic carbocycles. The van der Waals surface area contributed by atoms with E-state index in [1.807, 2.05) is 12.1 Å². The Hall–Kier alpha value is -1.71. The molecular formula is C11H12N2O2. The molecule has 2 heterocycles. The summed E-state index contributed by atoms with van der Waals surface area (Å²) in [5.74, 6) is -0.0194. The summed E-state index contributed by atoms with van der Waals surface area (Å²) in [6, 6.07) is 3.76. The minimum Gasteiger partial charge on any atom is -0.338 e. The number of nitrogens with zero attached hydrogens (tertiary/aromatic N) is 2. The second kappa shape index (κ2) is 4.21. The monoisotopic (exact) mass is 204 g/mol. The van der Waals surface area contributed by atoms with Crippen molar-refractivity contribution in [1.82, 2.24) is 9.88 Å². The fraction of sp³-hybridized carbons (Fsp3) is 0.364. The molecule has 15 heavy (non-hydrogen) atoms. The number of hydrogen-bond donors (Lipinski definition) is 0. The van der Waals surface area contributed by atoms with Crippen molar-refractivity contribution in [2.45, 2.75) is 19.4 Å².